The molecule has 0 bridgehead atoms. The van der Waals surface area contributed by atoms with Gasteiger partial charge in [-0.15, -0.1) is 0 Å². The third-order valence-corrected chi connectivity index (χ3v) is 4.87. The number of hydrogen-bond donors (Lipinski definition) is 0. The van der Waals surface area contributed by atoms with Crippen LogP contribution in [-0.2, 0) is 13.6 Å². The molecule has 122 valence electrons. The normalized spacial score (nSPS) is 15.9. The number of nitrogens with zero attached hydrogens (tertiary/aromatic N) is 4. The lowest BCUT2D eigenvalue weighted by atomic mass is 10.2. The van der Waals surface area contributed by atoms with E-state index < -0.39 is 0 Å². The number of aromatic nitrogens is 2. The minimum atomic E-state index is -0.213. The minimum Gasteiger partial charge on any atom is -0.335 e. The van der Waals surface area contributed by atoms with Crippen LogP contribution in [0, 0.1) is 9.39 Å². The van der Waals surface area contributed by atoms with Crippen LogP contribution in [0.3, 0.4) is 0 Å². The zero-order chi connectivity index (χ0) is 16.4. The van der Waals surface area contributed by atoms with Crippen molar-refractivity contribution in [3.63, 3.8) is 0 Å². The Morgan fingerprint density at radius 2 is 1.87 bits per heavy atom. The maximum Gasteiger partial charge on any atom is 0.273 e. The second kappa shape index (κ2) is 6.96. The van der Waals surface area contributed by atoms with E-state index in [9.17, 15) is 9.18 Å². The molecule has 1 amide bonds. The summed E-state index contributed by atoms with van der Waals surface area (Å²) in [7, 11) is 1.79. The van der Waals surface area contributed by atoms with E-state index in [2.05, 4.69) is 32.6 Å². The molecule has 5 nitrogen and oxygen atoms in total. The molecule has 23 heavy (non-hydrogen) atoms. The highest BCUT2D eigenvalue weighted by atomic mass is 127. The van der Waals surface area contributed by atoms with E-state index in [1.54, 1.807) is 17.9 Å². The lowest BCUT2D eigenvalue weighted by molar-refractivity contribution is 0.0616. The Morgan fingerprint density at radius 1 is 1.22 bits per heavy atom. The van der Waals surface area contributed by atoms with Crippen molar-refractivity contribution in [3.05, 3.63) is 51.1 Å². The molecule has 0 aliphatic carbocycles. The maximum atomic E-state index is 12.9. The predicted molar refractivity (Wildman–Crippen MR) is 93.5 cm³/mol. The highest BCUT2D eigenvalue weighted by Gasteiger charge is 2.25. The van der Waals surface area contributed by atoms with Gasteiger partial charge in [0, 0.05) is 39.8 Å². The highest BCUT2D eigenvalue weighted by Crippen LogP contribution is 2.16. The van der Waals surface area contributed by atoms with Gasteiger partial charge >= 0.3 is 0 Å². The summed E-state index contributed by atoms with van der Waals surface area (Å²) in [5.41, 5.74) is 1.74. The molecule has 0 unspecified atom stereocenters. The number of piperazine rings is 1. The van der Waals surface area contributed by atoms with Crippen LogP contribution in [-0.4, -0.2) is 51.7 Å². The van der Waals surface area contributed by atoms with E-state index in [0.29, 0.717) is 18.8 Å². The fourth-order valence-corrected chi connectivity index (χ4v) is 3.46. The Labute approximate surface area is 148 Å². The molecule has 0 spiro atoms. The van der Waals surface area contributed by atoms with Gasteiger partial charge in [-0.1, -0.05) is 12.1 Å². The van der Waals surface area contributed by atoms with Gasteiger partial charge in [-0.05, 0) is 40.3 Å². The van der Waals surface area contributed by atoms with E-state index in [4.69, 9.17) is 0 Å². The number of rotatable bonds is 3. The second-order valence-corrected chi connectivity index (χ2v) is 6.82. The average molecular weight is 428 g/mol. The first kappa shape index (κ1) is 16.4. The molecule has 1 saturated heterocycles. The number of carbonyl (C=O) groups excluding carboxylic acids is 1. The van der Waals surface area contributed by atoms with E-state index in [-0.39, 0.29) is 11.7 Å². The van der Waals surface area contributed by atoms with Crippen LogP contribution in [0.4, 0.5) is 4.39 Å². The van der Waals surface area contributed by atoms with Crippen molar-refractivity contribution >= 4 is 28.5 Å². The monoisotopic (exact) mass is 428 g/mol. The quantitative estimate of drug-likeness (QED) is 0.704. The third kappa shape index (κ3) is 3.72. The fraction of sp³-hybridized carbons (Fsp3) is 0.375. The lowest BCUT2D eigenvalue weighted by Gasteiger charge is -2.34. The number of carbonyl (C=O) groups is 1. The number of benzene rings is 1. The van der Waals surface area contributed by atoms with E-state index in [1.165, 1.54) is 12.1 Å². The molecule has 1 aromatic heterocycles. The largest absolute Gasteiger partial charge is 0.335 e. The molecule has 7 heteroatoms. The Hall–Kier alpha value is -1.48. The molecular weight excluding hydrogens is 410 g/mol. The van der Waals surface area contributed by atoms with Crippen LogP contribution in [0.2, 0.25) is 0 Å². The van der Waals surface area contributed by atoms with Crippen molar-refractivity contribution in [2.75, 3.05) is 26.2 Å². The predicted octanol–water partition coefficient (Wildman–Crippen LogP) is 2.12. The molecule has 0 N–H and O–H groups in total. The van der Waals surface area contributed by atoms with Gasteiger partial charge in [0.1, 0.15) is 11.5 Å². The fourth-order valence-electron chi connectivity index (χ4n) is 2.76. The standard InChI is InChI=1S/C16H18FIN4O/c1-20-15(14(18)10-19-20)16(23)22-8-6-21(7-9-22)11-12-2-4-13(17)5-3-12/h2-5,10H,6-9,11H2,1H3. The maximum absolute atomic E-state index is 12.9. The highest BCUT2D eigenvalue weighted by molar-refractivity contribution is 14.1. The summed E-state index contributed by atoms with van der Waals surface area (Å²) in [6.07, 6.45) is 1.71. The molecule has 3 rings (SSSR count). The van der Waals surface area contributed by atoms with E-state index >= 15 is 0 Å². The molecule has 0 saturated carbocycles. The Kier molecular flexibility index (Phi) is 4.96. The molecular formula is C16H18FIN4O. The molecule has 1 aliphatic rings. The number of hydrogen-bond acceptors (Lipinski definition) is 3. The summed E-state index contributed by atoms with van der Waals surface area (Å²) >= 11 is 2.14. The summed E-state index contributed by atoms with van der Waals surface area (Å²) in [5.74, 6) is -0.175. The van der Waals surface area contributed by atoms with Crippen molar-refractivity contribution in [2.45, 2.75) is 6.54 Å². The summed E-state index contributed by atoms with van der Waals surface area (Å²) in [6, 6.07) is 6.59. The van der Waals surface area contributed by atoms with Gasteiger partial charge in [-0.3, -0.25) is 14.4 Å². The van der Waals surface area contributed by atoms with E-state index in [0.717, 1.165) is 28.8 Å². The van der Waals surface area contributed by atoms with Crippen molar-refractivity contribution in [1.82, 2.24) is 19.6 Å². The molecule has 1 aliphatic heterocycles. The first-order chi connectivity index (χ1) is 11.0. The minimum absolute atomic E-state index is 0.0378. The topological polar surface area (TPSA) is 41.4 Å². The van der Waals surface area contributed by atoms with Gasteiger partial charge in [-0.25, -0.2) is 4.39 Å². The van der Waals surface area contributed by atoms with Gasteiger partial charge in [0.15, 0.2) is 0 Å². The second-order valence-electron chi connectivity index (χ2n) is 5.66. The molecule has 0 radical (unpaired) electrons. The molecule has 1 fully saturated rings. The summed E-state index contributed by atoms with van der Waals surface area (Å²) in [6.45, 7) is 3.81. The van der Waals surface area contributed by atoms with Crippen molar-refractivity contribution < 1.29 is 9.18 Å². The summed E-state index contributed by atoms with van der Waals surface area (Å²) in [5, 5.41) is 4.13. The lowest BCUT2D eigenvalue weighted by Crippen LogP contribution is -2.48. The molecule has 2 aromatic rings. The Bertz CT molecular complexity index is 673. The summed E-state index contributed by atoms with van der Waals surface area (Å²) in [4.78, 5) is 16.8. The smallest absolute Gasteiger partial charge is 0.273 e. The van der Waals surface area contributed by atoms with Crippen LogP contribution in [0.25, 0.3) is 0 Å². The average Bonchev–Trinajstić information content (AvgIpc) is 2.88. The molecule has 0 atom stereocenters. The van der Waals surface area contributed by atoms with Crippen LogP contribution < -0.4 is 0 Å². The van der Waals surface area contributed by atoms with Crippen LogP contribution in [0.1, 0.15) is 16.1 Å². The van der Waals surface area contributed by atoms with Crippen molar-refractivity contribution in [1.29, 1.82) is 0 Å². The zero-order valence-electron chi connectivity index (χ0n) is 12.9. The van der Waals surface area contributed by atoms with Crippen molar-refractivity contribution in [2.24, 2.45) is 7.05 Å². The van der Waals surface area contributed by atoms with Crippen LogP contribution in [0.15, 0.2) is 30.5 Å². The number of aryl methyl sites for hydroxylation is 1. The van der Waals surface area contributed by atoms with Gasteiger partial charge < -0.3 is 4.90 Å². The van der Waals surface area contributed by atoms with Gasteiger partial charge in [0.05, 0.1) is 9.77 Å². The SMILES string of the molecule is Cn1ncc(I)c1C(=O)N1CCN(Cc2ccc(F)cc2)CC1. The Balaban J connectivity index is 1.58. The van der Waals surface area contributed by atoms with Crippen LogP contribution in [0.5, 0.6) is 0 Å². The molecule has 2 heterocycles. The van der Waals surface area contributed by atoms with Gasteiger partial charge in [-0.2, -0.15) is 5.10 Å². The first-order valence-corrected chi connectivity index (χ1v) is 8.56. The van der Waals surface area contributed by atoms with Gasteiger partial charge in [0.25, 0.3) is 5.91 Å². The molecule has 1 aromatic carbocycles. The van der Waals surface area contributed by atoms with Gasteiger partial charge in [0.2, 0.25) is 0 Å². The third-order valence-electron chi connectivity index (χ3n) is 4.08. The zero-order valence-corrected chi connectivity index (χ0v) is 15.0. The first-order valence-electron chi connectivity index (χ1n) is 7.48. The Morgan fingerprint density at radius 3 is 2.43 bits per heavy atom. The van der Waals surface area contributed by atoms with Crippen LogP contribution >= 0.6 is 22.6 Å². The number of halogens is 2. The van der Waals surface area contributed by atoms with E-state index in [1.807, 2.05) is 17.0 Å². The van der Waals surface area contributed by atoms with Crippen molar-refractivity contribution in [3.8, 4) is 0 Å². The number of amides is 1. The summed E-state index contributed by atoms with van der Waals surface area (Å²) < 4.78 is 15.5.